The third kappa shape index (κ3) is 2.44. The van der Waals surface area contributed by atoms with Gasteiger partial charge in [0.1, 0.15) is 5.56 Å². The summed E-state index contributed by atoms with van der Waals surface area (Å²) in [6.45, 7) is 0.0445. The first-order valence-electron chi connectivity index (χ1n) is 7.79. The Labute approximate surface area is 147 Å². The van der Waals surface area contributed by atoms with E-state index in [0.29, 0.717) is 0 Å². The van der Waals surface area contributed by atoms with Gasteiger partial charge in [0.2, 0.25) is 0 Å². The molecule has 0 N–H and O–H groups in total. The zero-order chi connectivity index (χ0) is 18.3. The van der Waals surface area contributed by atoms with Gasteiger partial charge in [-0.25, -0.2) is 4.68 Å². The monoisotopic (exact) mass is 348 g/mol. The summed E-state index contributed by atoms with van der Waals surface area (Å²) in [4.78, 5) is 36.6. The number of imide groups is 1. The van der Waals surface area contributed by atoms with Crippen molar-refractivity contribution in [2.75, 3.05) is 0 Å². The highest BCUT2D eigenvalue weighted by Crippen LogP contribution is 2.31. The Kier molecular flexibility index (Phi) is 3.58. The van der Waals surface area contributed by atoms with Gasteiger partial charge in [-0.05, 0) is 29.8 Å². The Hall–Kier alpha value is -3.81. The summed E-state index contributed by atoms with van der Waals surface area (Å²) in [5.74, 6) is -1.17. The van der Waals surface area contributed by atoms with Crippen LogP contribution in [0.15, 0.2) is 60.9 Å². The SMILES string of the molecule is O=C1c2cccc([N+](=O)[O-])c2C(=O)N1Cc1ccc(-n2cccn2)cc1. The topological polar surface area (TPSA) is 98.3 Å². The van der Waals surface area contributed by atoms with Crippen LogP contribution in [0.2, 0.25) is 0 Å². The highest BCUT2D eigenvalue weighted by molar-refractivity contribution is 6.23. The van der Waals surface area contributed by atoms with E-state index in [1.54, 1.807) is 35.3 Å². The minimum Gasteiger partial charge on any atom is -0.270 e. The number of aromatic nitrogens is 2. The average Bonchev–Trinajstić information content (AvgIpc) is 3.26. The molecule has 1 aromatic heterocycles. The van der Waals surface area contributed by atoms with E-state index in [1.807, 2.05) is 12.1 Å². The van der Waals surface area contributed by atoms with E-state index in [1.165, 1.54) is 18.2 Å². The molecule has 1 aliphatic rings. The molecule has 8 nitrogen and oxygen atoms in total. The second-order valence-corrected chi connectivity index (χ2v) is 5.77. The Morgan fingerprint density at radius 3 is 2.42 bits per heavy atom. The lowest BCUT2D eigenvalue weighted by Gasteiger charge is -2.14. The smallest absolute Gasteiger partial charge is 0.270 e. The first kappa shape index (κ1) is 15.7. The predicted molar refractivity (Wildman–Crippen MR) is 90.9 cm³/mol. The first-order valence-corrected chi connectivity index (χ1v) is 7.79. The fourth-order valence-electron chi connectivity index (χ4n) is 2.97. The quantitative estimate of drug-likeness (QED) is 0.410. The Morgan fingerprint density at radius 2 is 1.77 bits per heavy atom. The van der Waals surface area contributed by atoms with Crippen LogP contribution in [0.4, 0.5) is 5.69 Å². The molecule has 0 radical (unpaired) electrons. The standard InChI is InChI=1S/C18H12N4O4/c23-17-14-3-1-4-15(22(25)26)16(14)18(24)20(17)11-12-5-7-13(8-6-12)21-10-2-9-19-21/h1-10H,11H2. The highest BCUT2D eigenvalue weighted by atomic mass is 16.6. The van der Waals surface area contributed by atoms with E-state index in [4.69, 9.17) is 0 Å². The molecule has 3 aromatic rings. The number of rotatable bonds is 4. The summed E-state index contributed by atoms with van der Waals surface area (Å²) in [5.41, 5.74) is 1.15. The summed E-state index contributed by atoms with van der Waals surface area (Å²) in [5, 5.41) is 15.3. The second-order valence-electron chi connectivity index (χ2n) is 5.77. The number of nitro groups is 1. The van der Waals surface area contributed by atoms with Gasteiger partial charge in [-0.3, -0.25) is 24.6 Å². The third-order valence-corrected chi connectivity index (χ3v) is 4.22. The number of hydrogen-bond donors (Lipinski definition) is 0. The molecular weight excluding hydrogens is 336 g/mol. The van der Waals surface area contributed by atoms with Crippen molar-refractivity contribution in [2.45, 2.75) is 6.54 Å². The van der Waals surface area contributed by atoms with Crippen molar-refractivity contribution in [3.8, 4) is 5.69 Å². The summed E-state index contributed by atoms with van der Waals surface area (Å²) < 4.78 is 1.69. The van der Waals surface area contributed by atoms with Crippen LogP contribution in [0, 0.1) is 10.1 Å². The zero-order valence-electron chi connectivity index (χ0n) is 13.4. The summed E-state index contributed by atoms with van der Waals surface area (Å²) in [6.07, 6.45) is 3.47. The highest BCUT2D eigenvalue weighted by Gasteiger charge is 2.40. The van der Waals surface area contributed by atoms with Crippen LogP contribution >= 0.6 is 0 Å². The van der Waals surface area contributed by atoms with E-state index in [2.05, 4.69) is 5.10 Å². The summed E-state index contributed by atoms with van der Waals surface area (Å²) >= 11 is 0. The van der Waals surface area contributed by atoms with Gasteiger partial charge in [0, 0.05) is 18.5 Å². The molecule has 0 saturated heterocycles. The van der Waals surface area contributed by atoms with E-state index >= 15 is 0 Å². The maximum absolute atomic E-state index is 12.6. The van der Waals surface area contributed by atoms with Crippen molar-refractivity contribution >= 4 is 17.5 Å². The number of benzene rings is 2. The first-order chi connectivity index (χ1) is 12.6. The van der Waals surface area contributed by atoms with Crippen LogP contribution in [0.25, 0.3) is 5.69 Å². The number of nitro benzene ring substituents is 1. The number of carbonyl (C=O) groups is 2. The number of hydrogen-bond acceptors (Lipinski definition) is 5. The molecule has 128 valence electrons. The Morgan fingerprint density at radius 1 is 1.00 bits per heavy atom. The third-order valence-electron chi connectivity index (χ3n) is 4.22. The van der Waals surface area contributed by atoms with Crippen molar-refractivity contribution in [3.63, 3.8) is 0 Å². The molecule has 0 spiro atoms. The van der Waals surface area contributed by atoms with Crippen LogP contribution in [0.1, 0.15) is 26.3 Å². The number of amides is 2. The van der Waals surface area contributed by atoms with Crippen molar-refractivity contribution in [3.05, 3.63) is 87.7 Å². The lowest BCUT2D eigenvalue weighted by Crippen LogP contribution is -2.29. The van der Waals surface area contributed by atoms with Crippen molar-refractivity contribution < 1.29 is 14.5 Å². The summed E-state index contributed by atoms with van der Waals surface area (Å²) in [6, 6.07) is 13.1. The van der Waals surface area contributed by atoms with Gasteiger partial charge in [-0.1, -0.05) is 18.2 Å². The molecule has 0 bridgehead atoms. The molecule has 0 aliphatic carbocycles. The Balaban J connectivity index is 1.62. The molecule has 4 rings (SSSR count). The molecule has 0 saturated carbocycles. The van der Waals surface area contributed by atoms with Crippen LogP contribution in [0.5, 0.6) is 0 Å². The second kappa shape index (κ2) is 5.92. The molecule has 1 aliphatic heterocycles. The van der Waals surface area contributed by atoms with Crippen molar-refractivity contribution in [2.24, 2.45) is 0 Å². The number of carbonyl (C=O) groups excluding carboxylic acids is 2. The Bertz CT molecular complexity index is 1030. The van der Waals surface area contributed by atoms with Gasteiger partial charge in [-0.15, -0.1) is 0 Å². The van der Waals surface area contributed by atoms with E-state index in [-0.39, 0.29) is 23.4 Å². The molecule has 0 unspecified atom stereocenters. The number of fused-ring (bicyclic) bond motifs is 1. The maximum Gasteiger partial charge on any atom is 0.282 e. The van der Waals surface area contributed by atoms with Gasteiger partial charge in [0.05, 0.1) is 22.7 Å². The van der Waals surface area contributed by atoms with E-state index in [9.17, 15) is 19.7 Å². The minimum absolute atomic E-state index is 0.0445. The van der Waals surface area contributed by atoms with Crippen LogP contribution in [0.3, 0.4) is 0 Å². The van der Waals surface area contributed by atoms with Crippen LogP contribution in [-0.4, -0.2) is 31.4 Å². The van der Waals surface area contributed by atoms with E-state index < -0.39 is 16.7 Å². The lowest BCUT2D eigenvalue weighted by atomic mass is 10.1. The lowest BCUT2D eigenvalue weighted by molar-refractivity contribution is -0.385. The zero-order valence-corrected chi connectivity index (χ0v) is 13.4. The maximum atomic E-state index is 12.6. The normalized spacial score (nSPS) is 13.2. The van der Waals surface area contributed by atoms with E-state index in [0.717, 1.165) is 16.2 Å². The largest absolute Gasteiger partial charge is 0.282 e. The molecule has 2 amide bonds. The van der Waals surface area contributed by atoms with Crippen molar-refractivity contribution in [1.82, 2.24) is 14.7 Å². The van der Waals surface area contributed by atoms with Crippen molar-refractivity contribution in [1.29, 1.82) is 0 Å². The fraction of sp³-hybridized carbons (Fsp3) is 0.0556. The average molecular weight is 348 g/mol. The molecule has 0 fully saturated rings. The molecule has 26 heavy (non-hydrogen) atoms. The van der Waals surface area contributed by atoms with Gasteiger partial charge in [0.15, 0.2) is 0 Å². The van der Waals surface area contributed by atoms with Gasteiger partial charge < -0.3 is 0 Å². The predicted octanol–water partition coefficient (Wildman–Crippen LogP) is 2.58. The summed E-state index contributed by atoms with van der Waals surface area (Å²) in [7, 11) is 0. The minimum atomic E-state index is -0.646. The van der Waals surface area contributed by atoms with Crippen LogP contribution < -0.4 is 0 Å². The van der Waals surface area contributed by atoms with Gasteiger partial charge in [0.25, 0.3) is 17.5 Å². The number of nitrogens with zero attached hydrogens (tertiary/aromatic N) is 4. The molecular formula is C18H12N4O4. The van der Waals surface area contributed by atoms with Gasteiger partial charge in [-0.2, -0.15) is 5.10 Å². The van der Waals surface area contributed by atoms with Gasteiger partial charge >= 0.3 is 0 Å². The molecule has 2 heterocycles. The molecule has 0 atom stereocenters. The fourth-order valence-corrected chi connectivity index (χ4v) is 2.97. The molecule has 8 heteroatoms. The van der Waals surface area contributed by atoms with Crippen LogP contribution in [-0.2, 0) is 6.54 Å². The molecule has 2 aromatic carbocycles.